The van der Waals surface area contributed by atoms with E-state index in [0.29, 0.717) is 33.2 Å². The van der Waals surface area contributed by atoms with Crippen LogP contribution in [0.25, 0.3) is 21.9 Å². The number of amides is 1. The third-order valence-electron chi connectivity index (χ3n) is 5.63. The first-order valence-corrected chi connectivity index (χ1v) is 11.1. The van der Waals surface area contributed by atoms with Crippen molar-refractivity contribution in [2.24, 2.45) is 0 Å². The Morgan fingerprint density at radius 3 is 2.39 bits per heavy atom. The van der Waals surface area contributed by atoms with Crippen molar-refractivity contribution in [2.75, 3.05) is 4.90 Å². The largest absolute Gasteiger partial charge is 0.303 e. The van der Waals surface area contributed by atoms with Gasteiger partial charge in [0.15, 0.2) is 5.82 Å². The molecule has 3 heterocycles. The van der Waals surface area contributed by atoms with E-state index in [2.05, 4.69) is 10.1 Å². The van der Waals surface area contributed by atoms with Gasteiger partial charge in [-0.25, -0.2) is 4.39 Å². The van der Waals surface area contributed by atoms with Gasteiger partial charge in [-0.3, -0.25) is 9.59 Å². The maximum atomic E-state index is 14.3. The highest BCUT2D eigenvalue weighted by atomic mass is 32.1. The monoisotopic (exact) mass is 454 g/mol. The number of nitrogens with zero attached hydrogens (tertiary/aromatic N) is 4. The molecule has 1 aliphatic rings. The van der Waals surface area contributed by atoms with Gasteiger partial charge in [0.05, 0.1) is 17.8 Å². The Bertz CT molecular complexity index is 1660. The first kappa shape index (κ1) is 19.5. The van der Waals surface area contributed by atoms with E-state index in [9.17, 15) is 14.0 Å². The third-order valence-corrected chi connectivity index (χ3v) is 6.66. The first-order chi connectivity index (χ1) is 16.1. The summed E-state index contributed by atoms with van der Waals surface area (Å²) in [7, 11) is 0. The molecule has 0 unspecified atom stereocenters. The van der Waals surface area contributed by atoms with Gasteiger partial charge in [0, 0.05) is 16.7 Å². The van der Waals surface area contributed by atoms with E-state index < -0.39 is 5.56 Å². The summed E-state index contributed by atoms with van der Waals surface area (Å²) in [6.07, 6.45) is 0. The van der Waals surface area contributed by atoms with Crippen LogP contribution in [0.1, 0.15) is 11.1 Å². The van der Waals surface area contributed by atoms with Crippen molar-refractivity contribution < 1.29 is 9.18 Å². The summed E-state index contributed by atoms with van der Waals surface area (Å²) in [6.45, 7) is 0.0686. The molecule has 33 heavy (non-hydrogen) atoms. The van der Waals surface area contributed by atoms with Crippen LogP contribution in [0.4, 0.5) is 10.1 Å². The summed E-state index contributed by atoms with van der Waals surface area (Å²) in [4.78, 5) is 33.2. The molecule has 0 fully saturated rings. The zero-order valence-electron chi connectivity index (χ0n) is 17.1. The highest BCUT2D eigenvalue weighted by Gasteiger charge is 2.34. The number of para-hydroxylation sites is 1. The van der Waals surface area contributed by atoms with Gasteiger partial charge in [0.2, 0.25) is 4.96 Å². The molecular formula is C25H15FN4O2S. The standard InChI is InChI=1S/C25H15FN4O2S/c26-18-12-6-4-10-16(18)14-29-19-13-7-5-11-17(19)20(23(29)31)21-24(32)30-25(33-21)27-22(28-30)15-8-2-1-3-9-15/h1-13H,14H2/b21-20-. The van der Waals surface area contributed by atoms with Crippen molar-refractivity contribution in [2.45, 2.75) is 6.54 Å². The lowest BCUT2D eigenvalue weighted by atomic mass is 10.1. The minimum absolute atomic E-state index is 0.0686. The predicted octanol–water partition coefficient (Wildman–Crippen LogP) is 3.42. The molecule has 0 saturated heterocycles. The second-order valence-corrected chi connectivity index (χ2v) is 8.58. The highest BCUT2D eigenvalue weighted by molar-refractivity contribution is 7.15. The molecule has 0 atom stereocenters. The van der Waals surface area contributed by atoms with Gasteiger partial charge in [0.25, 0.3) is 11.5 Å². The predicted molar refractivity (Wildman–Crippen MR) is 124 cm³/mol. The Balaban J connectivity index is 1.51. The van der Waals surface area contributed by atoms with Crippen LogP contribution in [-0.2, 0) is 11.3 Å². The van der Waals surface area contributed by atoms with Crippen LogP contribution in [-0.4, -0.2) is 20.5 Å². The van der Waals surface area contributed by atoms with Crippen LogP contribution in [0.3, 0.4) is 0 Å². The number of carbonyl (C=O) groups excluding carboxylic acids is 1. The summed E-state index contributed by atoms with van der Waals surface area (Å²) in [6, 6.07) is 23.0. The quantitative estimate of drug-likeness (QED) is 0.419. The summed E-state index contributed by atoms with van der Waals surface area (Å²) < 4.78 is 15.8. The second kappa shape index (κ2) is 7.46. The fourth-order valence-corrected chi connectivity index (χ4v) is 5.05. The Kier molecular flexibility index (Phi) is 4.41. The zero-order chi connectivity index (χ0) is 22.5. The van der Waals surface area contributed by atoms with Crippen LogP contribution in [0, 0.1) is 5.82 Å². The number of hydrogen-bond donors (Lipinski definition) is 0. The SMILES string of the molecule is O=C1/C(=c2\sc3nc(-c4ccccc4)nn3c2=O)c2ccccc2N1Cc1ccccc1F. The lowest BCUT2D eigenvalue weighted by Crippen LogP contribution is -2.32. The summed E-state index contributed by atoms with van der Waals surface area (Å²) in [5, 5.41) is 4.37. The topological polar surface area (TPSA) is 67.6 Å². The number of aromatic nitrogens is 3. The maximum absolute atomic E-state index is 14.3. The van der Waals surface area contributed by atoms with Crippen LogP contribution in [0.15, 0.2) is 83.7 Å². The molecule has 5 aromatic rings. The number of anilines is 1. The normalized spacial score (nSPS) is 14.8. The molecule has 0 aliphatic carbocycles. The smallest absolute Gasteiger partial charge is 0.291 e. The average Bonchev–Trinajstić information content (AvgIpc) is 3.47. The van der Waals surface area contributed by atoms with Gasteiger partial charge in [-0.05, 0) is 12.1 Å². The van der Waals surface area contributed by atoms with Crippen molar-refractivity contribution in [3.8, 4) is 11.4 Å². The van der Waals surface area contributed by atoms with Gasteiger partial charge in [-0.1, -0.05) is 78.1 Å². The lowest BCUT2D eigenvalue weighted by Gasteiger charge is -2.17. The van der Waals surface area contributed by atoms with Crippen LogP contribution < -0.4 is 15.0 Å². The molecule has 8 heteroatoms. The fraction of sp³-hybridized carbons (Fsp3) is 0.0400. The number of rotatable bonds is 3. The number of fused-ring (bicyclic) bond motifs is 2. The van der Waals surface area contributed by atoms with Gasteiger partial charge in [-0.15, -0.1) is 5.10 Å². The third kappa shape index (κ3) is 3.07. The van der Waals surface area contributed by atoms with Gasteiger partial charge in [-0.2, -0.15) is 9.50 Å². The number of thiazole rings is 1. The molecule has 0 saturated carbocycles. The van der Waals surface area contributed by atoms with Crippen molar-refractivity contribution in [1.82, 2.24) is 14.6 Å². The van der Waals surface area contributed by atoms with E-state index >= 15 is 0 Å². The van der Waals surface area contributed by atoms with Gasteiger partial charge >= 0.3 is 0 Å². The number of carbonyl (C=O) groups is 1. The van der Waals surface area contributed by atoms with Crippen molar-refractivity contribution in [1.29, 1.82) is 0 Å². The molecule has 6 rings (SSSR count). The number of hydrogen-bond acceptors (Lipinski definition) is 5. The number of benzene rings is 3. The van der Waals surface area contributed by atoms with Crippen LogP contribution in [0.5, 0.6) is 0 Å². The Hall–Kier alpha value is -4.17. The van der Waals surface area contributed by atoms with Gasteiger partial charge in [0.1, 0.15) is 10.3 Å². The van der Waals surface area contributed by atoms with E-state index in [1.165, 1.54) is 15.5 Å². The molecule has 1 amide bonds. The summed E-state index contributed by atoms with van der Waals surface area (Å²) in [5.74, 6) is -0.271. The zero-order valence-corrected chi connectivity index (χ0v) is 17.9. The molecule has 0 N–H and O–H groups in total. The molecule has 3 aromatic carbocycles. The van der Waals surface area contributed by atoms with Crippen LogP contribution >= 0.6 is 11.3 Å². The Morgan fingerprint density at radius 1 is 0.879 bits per heavy atom. The molecular weight excluding hydrogens is 439 g/mol. The molecule has 160 valence electrons. The summed E-state index contributed by atoms with van der Waals surface area (Å²) >= 11 is 1.13. The average molecular weight is 454 g/mol. The lowest BCUT2D eigenvalue weighted by molar-refractivity contribution is -0.113. The van der Waals surface area contributed by atoms with E-state index in [4.69, 9.17) is 0 Å². The molecule has 1 aliphatic heterocycles. The fourth-order valence-electron chi connectivity index (χ4n) is 4.05. The molecule has 0 spiro atoms. The Morgan fingerprint density at radius 2 is 1.61 bits per heavy atom. The minimum atomic E-state index is -0.393. The molecule has 0 bridgehead atoms. The maximum Gasteiger partial charge on any atom is 0.291 e. The second-order valence-electron chi connectivity index (χ2n) is 7.61. The van der Waals surface area contributed by atoms with E-state index in [1.54, 1.807) is 30.3 Å². The summed E-state index contributed by atoms with van der Waals surface area (Å²) in [5.41, 5.74) is 2.40. The molecule has 6 nitrogen and oxygen atoms in total. The first-order valence-electron chi connectivity index (χ1n) is 10.3. The van der Waals surface area contributed by atoms with Crippen molar-refractivity contribution >= 4 is 33.5 Å². The van der Waals surface area contributed by atoms with E-state index in [0.717, 1.165) is 16.9 Å². The minimum Gasteiger partial charge on any atom is -0.303 e. The molecule has 2 aromatic heterocycles. The highest BCUT2D eigenvalue weighted by Crippen LogP contribution is 2.36. The van der Waals surface area contributed by atoms with Gasteiger partial charge < -0.3 is 4.90 Å². The Labute approximate surface area is 190 Å². The van der Waals surface area contributed by atoms with Crippen molar-refractivity contribution in [3.05, 3.63) is 111 Å². The van der Waals surface area contributed by atoms with Crippen LogP contribution in [0.2, 0.25) is 0 Å². The van der Waals surface area contributed by atoms with E-state index in [-0.39, 0.29) is 22.8 Å². The molecule has 0 radical (unpaired) electrons. The van der Waals surface area contributed by atoms with Crippen molar-refractivity contribution in [3.63, 3.8) is 0 Å². The van der Waals surface area contributed by atoms with E-state index in [1.807, 2.05) is 42.5 Å². The number of halogens is 1.